The molecule has 33 heavy (non-hydrogen) atoms. The summed E-state index contributed by atoms with van der Waals surface area (Å²) in [5.41, 5.74) is 4.57. The number of amides is 1. The van der Waals surface area contributed by atoms with Gasteiger partial charge in [-0.3, -0.25) is 9.78 Å². The molecule has 1 atom stereocenters. The van der Waals surface area contributed by atoms with Gasteiger partial charge in [0.2, 0.25) is 5.91 Å². The van der Waals surface area contributed by atoms with Gasteiger partial charge < -0.3 is 15.2 Å². The number of aromatic nitrogens is 2. The maximum Gasteiger partial charge on any atom is 0.224 e. The van der Waals surface area contributed by atoms with Crippen LogP contribution >= 0.6 is 0 Å². The lowest BCUT2D eigenvalue weighted by Crippen LogP contribution is -2.43. The smallest absolute Gasteiger partial charge is 0.224 e. The summed E-state index contributed by atoms with van der Waals surface area (Å²) in [5.74, 6) is -0.682. The number of nitrogens with zero attached hydrogens (tertiary/aromatic N) is 2. The van der Waals surface area contributed by atoms with Crippen molar-refractivity contribution in [1.82, 2.24) is 15.3 Å². The number of pyridine rings is 1. The van der Waals surface area contributed by atoms with Crippen LogP contribution in [0.25, 0.3) is 21.8 Å². The number of anilines is 1. The first-order valence-electron chi connectivity index (χ1n) is 11.3. The van der Waals surface area contributed by atoms with E-state index in [1.807, 2.05) is 13.0 Å². The number of hydrogen-bond acceptors (Lipinski definition) is 3. The average Bonchev–Trinajstić information content (AvgIpc) is 3.13. The predicted octanol–water partition coefficient (Wildman–Crippen LogP) is 4.88. The van der Waals surface area contributed by atoms with Gasteiger partial charge in [0.1, 0.15) is 11.6 Å². The maximum absolute atomic E-state index is 13.9. The molecule has 0 spiro atoms. The molecule has 1 saturated heterocycles. The van der Waals surface area contributed by atoms with Crippen molar-refractivity contribution in [2.75, 3.05) is 24.5 Å². The monoisotopic (exact) mass is 448 g/mol. The van der Waals surface area contributed by atoms with Gasteiger partial charge in [0.25, 0.3) is 0 Å². The zero-order valence-corrected chi connectivity index (χ0v) is 18.5. The molecule has 170 valence electrons. The van der Waals surface area contributed by atoms with Crippen LogP contribution < -0.4 is 10.2 Å². The lowest BCUT2D eigenvalue weighted by Gasteiger charge is -2.34. The topological polar surface area (TPSA) is 61.0 Å². The van der Waals surface area contributed by atoms with Gasteiger partial charge in [-0.1, -0.05) is 0 Å². The third kappa shape index (κ3) is 4.27. The Bertz CT molecular complexity index is 1330. The van der Waals surface area contributed by atoms with E-state index in [9.17, 15) is 13.6 Å². The maximum atomic E-state index is 13.9. The Morgan fingerprint density at radius 1 is 1.15 bits per heavy atom. The van der Waals surface area contributed by atoms with Crippen LogP contribution in [-0.4, -0.2) is 35.5 Å². The van der Waals surface area contributed by atoms with Gasteiger partial charge in [0.15, 0.2) is 0 Å². The molecular weight excluding hydrogens is 422 g/mol. The number of nitrogens with one attached hydrogen (secondary N) is 2. The van der Waals surface area contributed by atoms with Crippen LogP contribution in [0, 0.1) is 24.5 Å². The lowest BCUT2D eigenvalue weighted by molar-refractivity contribution is -0.125. The molecule has 2 aromatic heterocycles. The molecule has 0 saturated carbocycles. The highest BCUT2D eigenvalue weighted by Crippen LogP contribution is 2.30. The summed E-state index contributed by atoms with van der Waals surface area (Å²) >= 11 is 0. The third-order valence-electron chi connectivity index (χ3n) is 6.57. The molecule has 1 aliphatic rings. The largest absolute Gasteiger partial charge is 0.370 e. The van der Waals surface area contributed by atoms with Crippen molar-refractivity contribution in [3.63, 3.8) is 0 Å². The number of hydrogen-bond donors (Lipinski definition) is 2. The first-order chi connectivity index (χ1) is 16.0. The lowest BCUT2D eigenvalue weighted by atomic mass is 9.96. The van der Waals surface area contributed by atoms with Gasteiger partial charge in [-0.25, -0.2) is 8.78 Å². The number of rotatable bonds is 5. The molecule has 2 aromatic carbocycles. The van der Waals surface area contributed by atoms with E-state index in [1.165, 1.54) is 24.3 Å². The molecule has 1 aliphatic heterocycles. The summed E-state index contributed by atoms with van der Waals surface area (Å²) < 4.78 is 27.6. The highest BCUT2D eigenvalue weighted by atomic mass is 19.1. The molecule has 1 fully saturated rings. The van der Waals surface area contributed by atoms with Crippen LogP contribution in [0.2, 0.25) is 0 Å². The van der Waals surface area contributed by atoms with E-state index in [-0.39, 0.29) is 23.5 Å². The minimum absolute atomic E-state index is 0.0212. The van der Waals surface area contributed by atoms with Crippen LogP contribution in [0.15, 0.2) is 48.7 Å². The van der Waals surface area contributed by atoms with E-state index in [4.69, 9.17) is 0 Å². The minimum atomic E-state index is -0.296. The number of halogens is 2. The van der Waals surface area contributed by atoms with Crippen LogP contribution in [-0.2, 0) is 11.2 Å². The predicted molar refractivity (Wildman–Crippen MR) is 126 cm³/mol. The summed E-state index contributed by atoms with van der Waals surface area (Å²) in [7, 11) is 0. The normalized spacial score (nSPS) is 16.5. The van der Waals surface area contributed by atoms with Crippen molar-refractivity contribution >= 4 is 33.4 Å². The second-order valence-corrected chi connectivity index (χ2v) is 8.74. The highest BCUT2D eigenvalue weighted by Gasteiger charge is 2.27. The average molecular weight is 449 g/mol. The molecule has 0 aliphatic carbocycles. The zero-order chi connectivity index (χ0) is 22.9. The van der Waals surface area contributed by atoms with Crippen molar-refractivity contribution < 1.29 is 13.6 Å². The number of piperidine rings is 1. The quantitative estimate of drug-likeness (QED) is 0.458. The van der Waals surface area contributed by atoms with E-state index in [0.717, 1.165) is 58.1 Å². The van der Waals surface area contributed by atoms with Crippen LogP contribution in [0.3, 0.4) is 0 Å². The fourth-order valence-electron chi connectivity index (χ4n) is 4.92. The Balaban J connectivity index is 1.26. The highest BCUT2D eigenvalue weighted by molar-refractivity contribution is 5.92. The van der Waals surface area contributed by atoms with E-state index >= 15 is 0 Å². The summed E-state index contributed by atoms with van der Waals surface area (Å²) in [4.78, 5) is 22.7. The number of H-pyrrole nitrogens is 1. The molecule has 3 heterocycles. The molecule has 4 aromatic rings. The second kappa shape index (κ2) is 8.81. The zero-order valence-electron chi connectivity index (χ0n) is 18.5. The van der Waals surface area contributed by atoms with E-state index in [1.54, 1.807) is 18.3 Å². The molecule has 1 unspecified atom stereocenters. The van der Waals surface area contributed by atoms with E-state index in [2.05, 4.69) is 20.2 Å². The summed E-state index contributed by atoms with van der Waals surface area (Å²) in [6, 6.07) is 11.2. The third-order valence-corrected chi connectivity index (χ3v) is 6.57. The van der Waals surface area contributed by atoms with Crippen molar-refractivity contribution in [3.8, 4) is 0 Å². The first kappa shape index (κ1) is 21.4. The summed E-state index contributed by atoms with van der Waals surface area (Å²) in [6.45, 7) is 3.86. The number of carbonyl (C=O) groups is 1. The number of benzene rings is 2. The van der Waals surface area contributed by atoms with Gasteiger partial charge in [0, 0.05) is 53.5 Å². The molecule has 0 radical (unpaired) electrons. The fourth-order valence-corrected chi connectivity index (χ4v) is 4.92. The Hall–Kier alpha value is -3.48. The van der Waals surface area contributed by atoms with Crippen LogP contribution in [0.4, 0.5) is 14.5 Å². The molecule has 1 amide bonds. The molecular formula is C26H26F2N4O. The Kier molecular flexibility index (Phi) is 5.70. The van der Waals surface area contributed by atoms with Crippen molar-refractivity contribution in [2.45, 2.75) is 26.2 Å². The fraction of sp³-hybridized carbons (Fsp3) is 0.308. The Morgan fingerprint density at radius 2 is 1.94 bits per heavy atom. The molecule has 2 N–H and O–H groups in total. The molecule has 0 bridgehead atoms. The standard InChI is InChI=1S/C26H26F2N4O/c1-16-20(21-13-18(27)5-7-24(21)31-16)8-10-30-26(33)17-3-2-12-32(15-17)25-9-11-29-23-6-4-19(28)14-22(23)25/h4-7,9,11,13-14,17,31H,2-3,8,10,12,15H2,1H3,(H,30,33). The number of carbonyl (C=O) groups excluding carboxylic acids is 1. The van der Waals surface area contributed by atoms with Gasteiger partial charge in [-0.15, -0.1) is 0 Å². The van der Waals surface area contributed by atoms with Crippen LogP contribution in [0.5, 0.6) is 0 Å². The number of aryl methyl sites for hydroxylation is 1. The summed E-state index contributed by atoms with van der Waals surface area (Å²) in [6.07, 6.45) is 4.06. The van der Waals surface area contributed by atoms with Gasteiger partial charge in [-0.05, 0) is 74.2 Å². The van der Waals surface area contributed by atoms with Gasteiger partial charge in [0.05, 0.1) is 11.4 Å². The Morgan fingerprint density at radius 3 is 2.79 bits per heavy atom. The van der Waals surface area contributed by atoms with Gasteiger partial charge >= 0.3 is 0 Å². The Labute approximate surface area is 190 Å². The molecule has 7 heteroatoms. The molecule has 5 rings (SSSR count). The first-order valence-corrected chi connectivity index (χ1v) is 11.3. The SMILES string of the molecule is Cc1[nH]c2ccc(F)cc2c1CCNC(=O)C1CCCN(c2ccnc3ccc(F)cc23)C1. The van der Waals surface area contributed by atoms with Crippen molar-refractivity contribution in [1.29, 1.82) is 0 Å². The summed E-state index contributed by atoms with van der Waals surface area (Å²) in [5, 5.41) is 4.70. The minimum Gasteiger partial charge on any atom is -0.370 e. The van der Waals surface area contributed by atoms with Crippen molar-refractivity contribution in [3.05, 3.63) is 71.6 Å². The van der Waals surface area contributed by atoms with E-state index < -0.39 is 0 Å². The number of fused-ring (bicyclic) bond motifs is 2. The van der Waals surface area contributed by atoms with E-state index in [0.29, 0.717) is 19.5 Å². The second-order valence-electron chi connectivity index (χ2n) is 8.74. The molecule has 5 nitrogen and oxygen atoms in total. The van der Waals surface area contributed by atoms with Crippen LogP contribution in [0.1, 0.15) is 24.1 Å². The van der Waals surface area contributed by atoms with Gasteiger partial charge in [-0.2, -0.15) is 0 Å². The number of aromatic amines is 1. The van der Waals surface area contributed by atoms with Crippen molar-refractivity contribution in [2.24, 2.45) is 5.92 Å².